The van der Waals surface area contributed by atoms with Gasteiger partial charge in [0.15, 0.2) is 0 Å². The highest BCUT2D eigenvalue weighted by atomic mass is 16.6. The van der Waals surface area contributed by atoms with Gasteiger partial charge in [0.1, 0.15) is 5.60 Å². The smallest absolute Gasteiger partial charge is 0.410 e. The van der Waals surface area contributed by atoms with Gasteiger partial charge in [0.05, 0.1) is 0 Å². The minimum absolute atomic E-state index is 0.179. The Hall–Kier alpha value is -2.04. The van der Waals surface area contributed by atoms with E-state index < -0.39 is 5.60 Å². The fourth-order valence-electron chi connectivity index (χ4n) is 3.07. The second-order valence-corrected chi connectivity index (χ2v) is 7.68. The van der Waals surface area contributed by atoms with Crippen molar-refractivity contribution in [2.45, 2.75) is 64.5 Å². The monoisotopic (exact) mass is 334 g/mol. The molecule has 0 bridgehead atoms. The number of hydrogen-bond donors (Lipinski definition) is 1. The van der Waals surface area contributed by atoms with Crippen LogP contribution >= 0.6 is 0 Å². The van der Waals surface area contributed by atoms with Gasteiger partial charge in [-0.1, -0.05) is 30.3 Å². The molecule has 1 unspecified atom stereocenters. The van der Waals surface area contributed by atoms with Crippen LogP contribution in [0.4, 0.5) is 4.79 Å². The largest absolute Gasteiger partial charge is 0.444 e. The first-order valence-electron chi connectivity index (χ1n) is 8.31. The van der Waals surface area contributed by atoms with E-state index in [0.717, 1.165) is 19.4 Å². The van der Waals surface area contributed by atoms with Crippen LogP contribution in [0.15, 0.2) is 30.3 Å². The van der Waals surface area contributed by atoms with Crippen molar-refractivity contribution in [1.82, 2.24) is 4.90 Å². The average molecular weight is 334 g/mol. The highest BCUT2D eigenvalue weighted by Gasteiger charge is 2.39. The van der Waals surface area contributed by atoms with Crippen LogP contribution in [-0.2, 0) is 9.53 Å². The number of amides is 2. The summed E-state index contributed by atoms with van der Waals surface area (Å²) in [7, 11) is 0. The van der Waals surface area contributed by atoms with Crippen molar-refractivity contribution in [2.24, 2.45) is 5.73 Å². The number of likely N-dealkylation sites (tertiary alicyclic amines) is 1. The van der Waals surface area contributed by atoms with Crippen LogP contribution in [0.2, 0.25) is 0 Å². The molecule has 1 heterocycles. The summed E-state index contributed by atoms with van der Waals surface area (Å²) in [6.45, 7) is 10.7. The van der Waals surface area contributed by atoms with E-state index in [1.54, 1.807) is 0 Å². The Kier molecular flexibility index (Phi) is 6.81. The SMILES string of the molecule is CC(C)(C)OC(=O)N1CCC(c2ccccc2)CC1(C)C.NC=O. The number of primary amides is 1. The Labute approximate surface area is 145 Å². The Morgan fingerprint density at radius 2 is 1.83 bits per heavy atom. The van der Waals surface area contributed by atoms with Gasteiger partial charge < -0.3 is 15.4 Å². The predicted octanol–water partition coefficient (Wildman–Crippen LogP) is 3.68. The number of carbonyl (C=O) groups excluding carboxylic acids is 2. The fourth-order valence-corrected chi connectivity index (χ4v) is 3.07. The fraction of sp³-hybridized carbons (Fsp3) is 0.579. The Bertz CT molecular complexity index is 535. The van der Waals surface area contributed by atoms with Gasteiger partial charge in [-0.25, -0.2) is 4.79 Å². The Morgan fingerprint density at radius 3 is 2.29 bits per heavy atom. The summed E-state index contributed by atoms with van der Waals surface area (Å²) in [5, 5.41) is 0. The predicted molar refractivity (Wildman–Crippen MR) is 95.7 cm³/mol. The van der Waals surface area contributed by atoms with Crippen LogP contribution in [0.5, 0.6) is 0 Å². The molecule has 0 aromatic heterocycles. The highest BCUT2D eigenvalue weighted by molar-refractivity contribution is 5.69. The molecule has 24 heavy (non-hydrogen) atoms. The molecule has 1 fully saturated rings. The van der Waals surface area contributed by atoms with E-state index in [1.165, 1.54) is 5.56 Å². The van der Waals surface area contributed by atoms with Crippen LogP contribution in [0.1, 0.15) is 58.9 Å². The first-order chi connectivity index (χ1) is 11.1. The molecule has 1 saturated heterocycles. The molecule has 5 nitrogen and oxygen atoms in total. The summed E-state index contributed by atoms with van der Waals surface area (Å²) in [6, 6.07) is 10.6. The van der Waals surface area contributed by atoms with Gasteiger partial charge in [-0.15, -0.1) is 0 Å². The van der Waals surface area contributed by atoms with Gasteiger partial charge in [-0.05, 0) is 58.9 Å². The lowest BCUT2D eigenvalue weighted by atomic mass is 9.79. The van der Waals surface area contributed by atoms with Crippen LogP contribution in [0.3, 0.4) is 0 Å². The number of piperidine rings is 1. The Balaban J connectivity index is 0.000000891. The maximum atomic E-state index is 12.4. The van der Waals surface area contributed by atoms with Gasteiger partial charge in [-0.3, -0.25) is 4.79 Å². The van der Waals surface area contributed by atoms with Gasteiger partial charge in [0.25, 0.3) is 0 Å². The Morgan fingerprint density at radius 1 is 1.29 bits per heavy atom. The molecule has 1 aromatic rings. The van der Waals surface area contributed by atoms with Crippen LogP contribution in [0.25, 0.3) is 0 Å². The van der Waals surface area contributed by atoms with Crippen LogP contribution < -0.4 is 5.73 Å². The zero-order valence-electron chi connectivity index (χ0n) is 15.4. The number of nitrogens with zero attached hydrogens (tertiary/aromatic N) is 1. The number of hydrogen-bond acceptors (Lipinski definition) is 3. The zero-order chi connectivity index (χ0) is 18.4. The van der Waals surface area contributed by atoms with E-state index in [1.807, 2.05) is 31.7 Å². The van der Waals surface area contributed by atoms with Crippen LogP contribution in [0, 0.1) is 0 Å². The number of rotatable bonds is 1. The summed E-state index contributed by atoms with van der Waals surface area (Å²) in [5.74, 6) is 0.514. The average Bonchev–Trinajstić information content (AvgIpc) is 2.46. The molecule has 0 radical (unpaired) electrons. The second kappa shape index (κ2) is 8.18. The summed E-state index contributed by atoms with van der Waals surface area (Å²) < 4.78 is 5.54. The molecule has 2 rings (SSSR count). The highest BCUT2D eigenvalue weighted by Crippen LogP contribution is 2.38. The molecule has 2 N–H and O–H groups in total. The van der Waals surface area contributed by atoms with Crippen molar-refractivity contribution >= 4 is 12.5 Å². The van der Waals surface area contributed by atoms with E-state index in [2.05, 4.69) is 43.8 Å². The molecular formula is C19H30N2O3. The van der Waals surface area contributed by atoms with Gasteiger partial charge in [0.2, 0.25) is 6.41 Å². The number of benzene rings is 1. The maximum Gasteiger partial charge on any atom is 0.410 e. The first kappa shape index (κ1) is 20.0. The van der Waals surface area contributed by atoms with Crippen molar-refractivity contribution in [3.8, 4) is 0 Å². The van der Waals surface area contributed by atoms with Crippen molar-refractivity contribution in [1.29, 1.82) is 0 Å². The molecule has 5 heteroatoms. The summed E-state index contributed by atoms with van der Waals surface area (Å²) in [5.41, 5.74) is 4.92. The molecule has 1 aliphatic rings. The van der Waals surface area contributed by atoms with Crippen molar-refractivity contribution in [3.63, 3.8) is 0 Å². The topological polar surface area (TPSA) is 72.6 Å². The zero-order valence-corrected chi connectivity index (χ0v) is 15.4. The lowest BCUT2D eigenvalue weighted by Crippen LogP contribution is -2.53. The third-order valence-electron chi connectivity index (χ3n) is 4.06. The van der Waals surface area contributed by atoms with E-state index in [0.29, 0.717) is 5.92 Å². The van der Waals surface area contributed by atoms with Crippen molar-refractivity contribution in [2.75, 3.05) is 6.54 Å². The maximum absolute atomic E-state index is 12.4. The van der Waals surface area contributed by atoms with Crippen LogP contribution in [-0.4, -0.2) is 35.1 Å². The molecule has 0 saturated carbocycles. The lowest BCUT2D eigenvalue weighted by Gasteiger charge is -2.45. The third kappa shape index (κ3) is 5.87. The van der Waals surface area contributed by atoms with E-state index in [9.17, 15) is 4.79 Å². The van der Waals surface area contributed by atoms with Gasteiger partial charge >= 0.3 is 6.09 Å². The molecule has 1 aliphatic heterocycles. The number of nitrogens with two attached hydrogens (primary N) is 1. The standard InChI is InChI=1S/C18H27NO2.CH3NO/c1-17(2,3)21-16(20)19-12-11-15(13-18(19,4)5)14-9-7-6-8-10-14;2-1-3/h6-10,15H,11-13H2,1-5H3;1H,(H2,2,3). The second-order valence-electron chi connectivity index (χ2n) is 7.68. The van der Waals surface area contributed by atoms with E-state index in [4.69, 9.17) is 9.53 Å². The minimum atomic E-state index is -0.441. The summed E-state index contributed by atoms with van der Waals surface area (Å²) >= 11 is 0. The normalized spacial score (nSPS) is 19.7. The molecule has 1 aromatic carbocycles. The molecule has 0 aliphatic carbocycles. The lowest BCUT2D eigenvalue weighted by molar-refractivity contribution is -0.106. The minimum Gasteiger partial charge on any atom is -0.444 e. The number of ether oxygens (including phenoxy) is 1. The van der Waals surface area contributed by atoms with E-state index >= 15 is 0 Å². The molecule has 134 valence electrons. The van der Waals surface area contributed by atoms with Gasteiger partial charge in [-0.2, -0.15) is 0 Å². The molecule has 1 atom stereocenters. The summed E-state index contributed by atoms with van der Waals surface area (Å²) in [4.78, 5) is 22.8. The molecule has 2 amide bonds. The summed E-state index contributed by atoms with van der Waals surface area (Å²) in [6.07, 6.45) is 2.02. The quantitative estimate of drug-likeness (QED) is 0.796. The third-order valence-corrected chi connectivity index (χ3v) is 4.06. The van der Waals surface area contributed by atoms with Gasteiger partial charge in [0, 0.05) is 12.1 Å². The molecular weight excluding hydrogens is 304 g/mol. The van der Waals surface area contributed by atoms with Crippen molar-refractivity contribution in [3.05, 3.63) is 35.9 Å². The van der Waals surface area contributed by atoms with E-state index in [-0.39, 0.29) is 18.0 Å². The first-order valence-corrected chi connectivity index (χ1v) is 8.31. The number of carbonyl (C=O) groups is 2. The van der Waals surface area contributed by atoms with Crippen molar-refractivity contribution < 1.29 is 14.3 Å². The molecule has 0 spiro atoms.